The highest BCUT2D eigenvalue weighted by atomic mass is 32.1. The van der Waals surface area contributed by atoms with Crippen LogP contribution in [0.4, 0.5) is 0 Å². The standard InChI is InChI=1S/C35H32N4O4S/c1-42-31-15-22-10-12-39-30(26(22)17-27(31)21-9-11-36-33(16-21)43-2)18-28(34(39)32-8-5-13-44-32)35(41)38-24(20-40)14-23-19-37-29-7-4-3-6-25(23)29/h3-9,11,13,15-19,24,37,40H,10,12,14,20H2,1-2H3,(H,38,41). The number of amides is 1. The van der Waals surface area contributed by atoms with Crippen molar-refractivity contribution in [1.29, 1.82) is 0 Å². The summed E-state index contributed by atoms with van der Waals surface area (Å²) in [5, 5.41) is 16.6. The van der Waals surface area contributed by atoms with E-state index in [9.17, 15) is 9.90 Å². The quantitative estimate of drug-likeness (QED) is 0.179. The third kappa shape index (κ3) is 4.94. The summed E-state index contributed by atoms with van der Waals surface area (Å²) >= 11 is 1.61. The van der Waals surface area contributed by atoms with Gasteiger partial charge in [-0.2, -0.15) is 0 Å². The molecule has 3 N–H and O–H groups in total. The number of benzene rings is 2. The van der Waals surface area contributed by atoms with Crippen molar-refractivity contribution in [2.75, 3.05) is 20.8 Å². The molecule has 0 spiro atoms. The largest absolute Gasteiger partial charge is 0.496 e. The van der Waals surface area contributed by atoms with Crippen molar-refractivity contribution in [3.63, 3.8) is 0 Å². The summed E-state index contributed by atoms with van der Waals surface area (Å²) in [6.07, 6.45) is 4.98. The fourth-order valence-electron chi connectivity index (χ4n) is 6.23. The molecule has 222 valence electrons. The van der Waals surface area contributed by atoms with Gasteiger partial charge in [0, 0.05) is 52.7 Å². The molecular weight excluding hydrogens is 572 g/mol. The molecule has 6 aromatic rings. The van der Waals surface area contributed by atoms with E-state index in [1.165, 1.54) is 0 Å². The number of aryl methyl sites for hydroxylation is 1. The Bertz CT molecular complexity index is 1970. The molecule has 2 aromatic carbocycles. The number of aliphatic hydroxyl groups excluding tert-OH is 1. The van der Waals surface area contributed by atoms with Crippen molar-refractivity contribution in [3.05, 3.63) is 101 Å². The summed E-state index contributed by atoms with van der Waals surface area (Å²) in [6, 6.07) is 21.7. The molecule has 0 saturated carbocycles. The molecule has 1 atom stereocenters. The third-order valence-corrected chi connectivity index (χ3v) is 9.23. The fraction of sp³-hybridized carbons (Fsp3) is 0.200. The lowest BCUT2D eigenvalue weighted by molar-refractivity contribution is 0.0917. The molecule has 9 heteroatoms. The first-order valence-electron chi connectivity index (χ1n) is 14.5. The van der Waals surface area contributed by atoms with Gasteiger partial charge in [-0.15, -0.1) is 11.3 Å². The van der Waals surface area contributed by atoms with Gasteiger partial charge in [-0.3, -0.25) is 4.79 Å². The third-order valence-electron chi connectivity index (χ3n) is 8.35. The van der Waals surface area contributed by atoms with E-state index < -0.39 is 6.04 Å². The summed E-state index contributed by atoms with van der Waals surface area (Å²) in [4.78, 5) is 22.6. The number of pyridine rings is 1. The smallest absolute Gasteiger partial charge is 0.253 e. The Morgan fingerprint density at radius 3 is 2.77 bits per heavy atom. The molecule has 5 heterocycles. The summed E-state index contributed by atoms with van der Waals surface area (Å²) in [5.74, 6) is 1.09. The minimum atomic E-state index is -0.445. The number of aliphatic hydroxyl groups is 1. The Labute approximate surface area is 258 Å². The Morgan fingerprint density at radius 1 is 1.09 bits per heavy atom. The maximum absolute atomic E-state index is 14.0. The predicted molar refractivity (Wildman–Crippen MR) is 174 cm³/mol. The molecular formula is C35H32N4O4S. The van der Waals surface area contributed by atoms with Gasteiger partial charge in [-0.25, -0.2) is 4.98 Å². The fourth-order valence-corrected chi connectivity index (χ4v) is 7.02. The minimum absolute atomic E-state index is 0.172. The first-order valence-corrected chi connectivity index (χ1v) is 15.4. The average molecular weight is 605 g/mol. The van der Waals surface area contributed by atoms with Crippen molar-refractivity contribution in [1.82, 2.24) is 19.9 Å². The van der Waals surface area contributed by atoms with Gasteiger partial charge < -0.3 is 29.4 Å². The molecule has 8 nitrogen and oxygen atoms in total. The van der Waals surface area contributed by atoms with Crippen LogP contribution >= 0.6 is 11.3 Å². The zero-order chi connectivity index (χ0) is 30.2. The summed E-state index contributed by atoms with van der Waals surface area (Å²) in [6.45, 7) is 0.557. The highest BCUT2D eigenvalue weighted by Crippen LogP contribution is 2.43. The van der Waals surface area contributed by atoms with Gasteiger partial charge in [0.1, 0.15) is 5.75 Å². The molecule has 1 amide bonds. The second kappa shape index (κ2) is 11.7. The van der Waals surface area contributed by atoms with E-state index in [1.54, 1.807) is 31.8 Å². The molecule has 0 fully saturated rings. The Hall–Kier alpha value is -4.86. The van der Waals surface area contributed by atoms with Crippen LogP contribution in [0.5, 0.6) is 11.6 Å². The van der Waals surface area contributed by atoms with Gasteiger partial charge in [-0.1, -0.05) is 24.3 Å². The SMILES string of the molecule is COc1cc(-c2cc3c(cc2OC)CCn2c-3cc(C(=O)NC(CO)Cc3c[nH]c4ccccc34)c2-c2cccs2)ccn1. The number of aromatic nitrogens is 3. The van der Waals surface area contributed by atoms with Crippen molar-refractivity contribution in [2.45, 2.75) is 25.4 Å². The van der Waals surface area contributed by atoms with Crippen LogP contribution in [0.2, 0.25) is 0 Å². The van der Waals surface area contributed by atoms with Gasteiger partial charge in [0.05, 0.1) is 43.0 Å². The number of rotatable bonds is 9. The Kier molecular flexibility index (Phi) is 7.41. The molecule has 0 bridgehead atoms. The number of carbonyl (C=O) groups excluding carboxylic acids is 1. The van der Waals surface area contributed by atoms with E-state index in [2.05, 4.69) is 44.1 Å². The van der Waals surface area contributed by atoms with E-state index in [4.69, 9.17) is 9.47 Å². The summed E-state index contributed by atoms with van der Waals surface area (Å²) < 4.78 is 13.5. The topological polar surface area (TPSA) is 101 Å². The molecule has 0 aliphatic carbocycles. The van der Waals surface area contributed by atoms with Crippen LogP contribution in [-0.4, -0.2) is 52.4 Å². The van der Waals surface area contributed by atoms with E-state index in [-0.39, 0.29) is 12.5 Å². The predicted octanol–water partition coefficient (Wildman–Crippen LogP) is 6.33. The monoisotopic (exact) mass is 604 g/mol. The first-order chi connectivity index (χ1) is 21.6. The Morgan fingerprint density at radius 2 is 1.98 bits per heavy atom. The number of hydrogen-bond donors (Lipinski definition) is 3. The Balaban J connectivity index is 1.28. The number of thiophene rings is 1. The summed E-state index contributed by atoms with van der Waals surface area (Å²) in [7, 11) is 3.28. The van der Waals surface area contributed by atoms with Crippen LogP contribution in [0, 0.1) is 0 Å². The zero-order valence-electron chi connectivity index (χ0n) is 24.5. The second-order valence-electron chi connectivity index (χ2n) is 10.9. The minimum Gasteiger partial charge on any atom is -0.496 e. The number of aromatic amines is 1. The van der Waals surface area contributed by atoms with Gasteiger partial charge in [0.2, 0.25) is 5.88 Å². The molecule has 4 aromatic heterocycles. The van der Waals surface area contributed by atoms with Crippen molar-refractivity contribution in [3.8, 4) is 44.6 Å². The number of hydrogen-bond acceptors (Lipinski definition) is 6. The molecule has 7 rings (SSSR count). The molecule has 1 unspecified atom stereocenters. The number of H-pyrrole nitrogens is 1. The number of fused-ring (bicyclic) bond motifs is 4. The van der Waals surface area contributed by atoms with Crippen LogP contribution in [0.3, 0.4) is 0 Å². The van der Waals surface area contributed by atoms with E-state index in [0.717, 1.165) is 73.7 Å². The molecule has 0 saturated heterocycles. The van der Waals surface area contributed by atoms with Crippen LogP contribution in [0.1, 0.15) is 21.5 Å². The second-order valence-corrected chi connectivity index (χ2v) is 11.8. The van der Waals surface area contributed by atoms with Crippen LogP contribution in [0.25, 0.3) is 43.9 Å². The normalized spacial score (nSPS) is 12.9. The first kappa shape index (κ1) is 27.9. The lowest BCUT2D eigenvalue weighted by atomic mass is 9.93. The zero-order valence-corrected chi connectivity index (χ0v) is 25.3. The highest BCUT2D eigenvalue weighted by molar-refractivity contribution is 7.13. The van der Waals surface area contributed by atoms with E-state index in [1.807, 2.05) is 54.0 Å². The maximum Gasteiger partial charge on any atom is 0.253 e. The highest BCUT2D eigenvalue weighted by Gasteiger charge is 2.29. The number of nitrogens with zero attached hydrogens (tertiary/aromatic N) is 2. The van der Waals surface area contributed by atoms with Crippen molar-refractivity contribution >= 4 is 28.1 Å². The molecule has 0 radical (unpaired) electrons. The van der Waals surface area contributed by atoms with Gasteiger partial charge >= 0.3 is 0 Å². The number of methoxy groups -OCH3 is 2. The van der Waals surface area contributed by atoms with Crippen LogP contribution in [0.15, 0.2) is 84.5 Å². The molecule has 1 aliphatic rings. The van der Waals surface area contributed by atoms with E-state index in [0.29, 0.717) is 17.9 Å². The van der Waals surface area contributed by atoms with Crippen molar-refractivity contribution < 1.29 is 19.4 Å². The number of nitrogens with one attached hydrogen (secondary N) is 2. The number of carbonyl (C=O) groups is 1. The van der Waals surface area contributed by atoms with Crippen LogP contribution < -0.4 is 14.8 Å². The van der Waals surface area contributed by atoms with Gasteiger partial charge in [-0.05, 0) is 71.3 Å². The lowest BCUT2D eigenvalue weighted by Crippen LogP contribution is -2.39. The number of ether oxygens (including phenoxy) is 2. The molecule has 1 aliphatic heterocycles. The van der Waals surface area contributed by atoms with Crippen LogP contribution in [-0.2, 0) is 19.4 Å². The maximum atomic E-state index is 14.0. The lowest BCUT2D eigenvalue weighted by Gasteiger charge is -2.23. The van der Waals surface area contributed by atoms with Gasteiger partial charge in [0.25, 0.3) is 5.91 Å². The summed E-state index contributed by atoms with van der Waals surface area (Å²) in [5.41, 5.74) is 8.61. The average Bonchev–Trinajstić information content (AvgIpc) is 3.83. The van der Waals surface area contributed by atoms with Crippen molar-refractivity contribution in [2.24, 2.45) is 0 Å². The number of para-hydroxylation sites is 1. The van der Waals surface area contributed by atoms with Gasteiger partial charge in [0.15, 0.2) is 0 Å². The van der Waals surface area contributed by atoms with E-state index >= 15 is 0 Å². The molecule has 44 heavy (non-hydrogen) atoms.